The predicted octanol–water partition coefficient (Wildman–Crippen LogP) is 5.29. The number of hydrogen-bond acceptors (Lipinski definition) is 3. The molecule has 0 bridgehead atoms. The molecule has 0 saturated heterocycles. The molecule has 2 N–H and O–H groups in total. The average molecular weight is 419 g/mol. The zero-order valence-corrected chi connectivity index (χ0v) is 16.5. The van der Waals surface area contributed by atoms with Gasteiger partial charge in [0.2, 0.25) is 0 Å². The van der Waals surface area contributed by atoms with Crippen LogP contribution < -0.4 is 10.6 Å². The summed E-state index contributed by atoms with van der Waals surface area (Å²) in [5.74, 6) is -0.435. The maximum Gasteiger partial charge on any atom is 0.340 e. The van der Waals surface area contributed by atoms with Crippen molar-refractivity contribution >= 4 is 33.6 Å². The summed E-state index contributed by atoms with van der Waals surface area (Å²) in [6, 6.07) is 14.0. The fourth-order valence-electron chi connectivity index (χ4n) is 2.35. The number of ether oxygens (including phenoxy) is 1. The number of halogens is 1. The second-order valence-electron chi connectivity index (χ2n) is 5.91. The first-order valence-electron chi connectivity index (χ1n) is 8.60. The minimum absolute atomic E-state index is 0.174. The first-order chi connectivity index (χ1) is 12.5. The van der Waals surface area contributed by atoms with Crippen LogP contribution in [0.25, 0.3) is 0 Å². The molecule has 0 heterocycles. The minimum atomic E-state index is -0.435. The standard InChI is InChI=1S/C20H23BrN2O3/c1-3-4-13-26-19(24)17-7-5-6-8-18(17)23-20(25)22-14(2)15-9-11-16(21)12-10-15/h5-12,14H,3-4,13H2,1-2H3,(H2,22,23,25). The SMILES string of the molecule is CCCCOC(=O)c1ccccc1NC(=O)NC(C)c1ccc(Br)cc1. The Labute approximate surface area is 162 Å². The summed E-state index contributed by atoms with van der Waals surface area (Å²) in [6.07, 6.45) is 1.76. The van der Waals surface area contributed by atoms with Crippen molar-refractivity contribution in [1.29, 1.82) is 0 Å². The summed E-state index contributed by atoms with van der Waals surface area (Å²) in [6.45, 7) is 4.30. The number of urea groups is 1. The molecule has 2 amide bonds. The Bertz CT molecular complexity index is 747. The Morgan fingerprint density at radius 1 is 1.12 bits per heavy atom. The number of carbonyl (C=O) groups excluding carboxylic acids is 2. The van der Waals surface area contributed by atoms with E-state index in [-0.39, 0.29) is 12.1 Å². The molecule has 1 unspecified atom stereocenters. The molecule has 2 aromatic rings. The highest BCUT2D eigenvalue weighted by Gasteiger charge is 2.15. The van der Waals surface area contributed by atoms with Crippen LogP contribution in [0, 0.1) is 0 Å². The smallest absolute Gasteiger partial charge is 0.340 e. The third-order valence-electron chi connectivity index (χ3n) is 3.84. The average Bonchev–Trinajstić information content (AvgIpc) is 2.62. The molecule has 1 atom stereocenters. The zero-order valence-electron chi connectivity index (χ0n) is 14.9. The number of rotatable bonds is 7. The van der Waals surface area contributed by atoms with E-state index in [0.29, 0.717) is 17.9 Å². The molecule has 0 aliphatic heterocycles. The van der Waals surface area contributed by atoms with Crippen molar-refractivity contribution in [2.75, 3.05) is 11.9 Å². The van der Waals surface area contributed by atoms with Gasteiger partial charge in [0.25, 0.3) is 0 Å². The lowest BCUT2D eigenvalue weighted by Crippen LogP contribution is -2.31. The van der Waals surface area contributed by atoms with Gasteiger partial charge in [0, 0.05) is 4.47 Å². The molecule has 6 heteroatoms. The summed E-state index contributed by atoms with van der Waals surface area (Å²) >= 11 is 3.39. The van der Waals surface area contributed by atoms with Crippen LogP contribution in [0.3, 0.4) is 0 Å². The molecule has 26 heavy (non-hydrogen) atoms. The molecule has 0 radical (unpaired) electrons. The van der Waals surface area contributed by atoms with Gasteiger partial charge < -0.3 is 15.4 Å². The van der Waals surface area contributed by atoms with E-state index in [1.54, 1.807) is 24.3 Å². The summed E-state index contributed by atoms with van der Waals surface area (Å²) in [4.78, 5) is 24.5. The van der Waals surface area contributed by atoms with E-state index >= 15 is 0 Å². The van der Waals surface area contributed by atoms with E-state index in [0.717, 1.165) is 22.9 Å². The Balaban J connectivity index is 2.00. The monoisotopic (exact) mass is 418 g/mol. The fourth-order valence-corrected chi connectivity index (χ4v) is 2.61. The molecule has 2 rings (SSSR count). The van der Waals surface area contributed by atoms with Gasteiger partial charge in [0.1, 0.15) is 0 Å². The molecular weight excluding hydrogens is 396 g/mol. The van der Waals surface area contributed by atoms with Gasteiger partial charge in [0.15, 0.2) is 0 Å². The van der Waals surface area contributed by atoms with Gasteiger partial charge in [-0.05, 0) is 43.2 Å². The summed E-state index contributed by atoms with van der Waals surface area (Å²) in [5, 5.41) is 5.60. The lowest BCUT2D eigenvalue weighted by atomic mass is 10.1. The van der Waals surface area contributed by atoms with Crippen LogP contribution in [0.4, 0.5) is 10.5 Å². The van der Waals surface area contributed by atoms with Gasteiger partial charge in [-0.3, -0.25) is 0 Å². The Kier molecular flexibility index (Phi) is 7.66. The van der Waals surface area contributed by atoms with E-state index in [4.69, 9.17) is 4.74 Å². The van der Waals surface area contributed by atoms with Crippen LogP contribution in [-0.2, 0) is 4.74 Å². The van der Waals surface area contributed by atoms with Crippen molar-refractivity contribution < 1.29 is 14.3 Å². The van der Waals surface area contributed by atoms with E-state index in [1.807, 2.05) is 38.1 Å². The van der Waals surface area contributed by atoms with Crippen LogP contribution in [0.15, 0.2) is 53.0 Å². The topological polar surface area (TPSA) is 67.4 Å². The molecule has 0 aromatic heterocycles. The van der Waals surface area contributed by atoms with Crippen LogP contribution in [-0.4, -0.2) is 18.6 Å². The largest absolute Gasteiger partial charge is 0.462 e. The van der Waals surface area contributed by atoms with Crippen LogP contribution in [0.2, 0.25) is 0 Å². The van der Waals surface area contributed by atoms with Gasteiger partial charge in [-0.25, -0.2) is 9.59 Å². The van der Waals surface area contributed by atoms with Crippen molar-refractivity contribution in [3.63, 3.8) is 0 Å². The lowest BCUT2D eigenvalue weighted by molar-refractivity contribution is 0.0501. The van der Waals surface area contributed by atoms with E-state index < -0.39 is 5.97 Å². The first-order valence-corrected chi connectivity index (χ1v) is 9.39. The van der Waals surface area contributed by atoms with Gasteiger partial charge in [-0.2, -0.15) is 0 Å². The number of carbonyl (C=O) groups is 2. The van der Waals surface area contributed by atoms with Crippen molar-refractivity contribution in [3.8, 4) is 0 Å². The third-order valence-corrected chi connectivity index (χ3v) is 4.37. The maximum absolute atomic E-state index is 12.3. The Hall–Kier alpha value is -2.34. The Morgan fingerprint density at radius 3 is 2.50 bits per heavy atom. The number of amides is 2. The predicted molar refractivity (Wildman–Crippen MR) is 106 cm³/mol. The normalized spacial score (nSPS) is 11.5. The highest BCUT2D eigenvalue weighted by molar-refractivity contribution is 9.10. The molecule has 5 nitrogen and oxygen atoms in total. The van der Waals surface area contributed by atoms with Crippen molar-refractivity contribution in [2.45, 2.75) is 32.7 Å². The number of benzene rings is 2. The van der Waals surface area contributed by atoms with Gasteiger partial charge in [-0.15, -0.1) is 0 Å². The summed E-state index contributed by atoms with van der Waals surface area (Å²) in [5.41, 5.74) is 1.75. The second kappa shape index (κ2) is 9.97. The molecule has 0 fully saturated rings. The van der Waals surface area contributed by atoms with Crippen LogP contribution in [0.1, 0.15) is 48.7 Å². The summed E-state index contributed by atoms with van der Waals surface area (Å²) < 4.78 is 6.22. The fraction of sp³-hybridized carbons (Fsp3) is 0.300. The summed E-state index contributed by atoms with van der Waals surface area (Å²) in [7, 11) is 0. The van der Waals surface area contributed by atoms with E-state index in [9.17, 15) is 9.59 Å². The third kappa shape index (κ3) is 5.88. The highest BCUT2D eigenvalue weighted by Crippen LogP contribution is 2.19. The first kappa shape index (κ1) is 20.0. The molecule has 0 aliphatic rings. The Morgan fingerprint density at radius 2 is 1.81 bits per heavy atom. The van der Waals surface area contributed by atoms with Gasteiger partial charge >= 0.3 is 12.0 Å². The molecular formula is C20H23BrN2O3. The van der Waals surface area contributed by atoms with Crippen molar-refractivity contribution in [2.24, 2.45) is 0 Å². The number of nitrogens with one attached hydrogen (secondary N) is 2. The molecule has 0 aliphatic carbocycles. The molecule has 0 spiro atoms. The number of hydrogen-bond donors (Lipinski definition) is 2. The minimum Gasteiger partial charge on any atom is -0.462 e. The maximum atomic E-state index is 12.3. The van der Waals surface area contributed by atoms with E-state index in [1.165, 1.54) is 0 Å². The van der Waals surface area contributed by atoms with Crippen LogP contribution in [0.5, 0.6) is 0 Å². The quantitative estimate of drug-likeness (QED) is 0.474. The van der Waals surface area contributed by atoms with Crippen LogP contribution >= 0.6 is 15.9 Å². The van der Waals surface area contributed by atoms with Crippen molar-refractivity contribution in [3.05, 3.63) is 64.1 Å². The van der Waals surface area contributed by atoms with Crippen molar-refractivity contribution in [1.82, 2.24) is 5.32 Å². The molecule has 2 aromatic carbocycles. The zero-order chi connectivity index (χ0) is 18.9. The van der Waals surface area contributed by atoms with Gasteiger partial charge in [0.05, 0.1) is 23.9 Å². The van der Waals surface area contributed by atoms with E-state index in [2.05, 4.69) is 26.6 Å². The number of anilines is 1. The molecule has 138 valence electrons. The number of esters is 1. The highest BCUT2D eigenvalue weighted by atomic mass is 79.9. The number of unbranched alkanes of at least 4 members (excludes halogenated alkanes) is 1. The molecule has 0 saturated carbocycles. The second-order valence-corrected chi connectivity index (χ2v) is 6.82. The lowest BCUT2D eigenvalue weighted by Gasteiger charge is -2.16. The van der Waals surface area contributed by atoms with Gasteiger partial charge in [-0.1, -0.05) is 53.5 Å². The number of para-hydroxylation sites is 1.